The highest BCUT2D eigenvalue weighted by molar-refractivity contribution is 9.10. The van der Waals surface area contributed by atoms with Gasteiger partial charge in [-0.05, 0) is 52.5 Å². The second kappa shape index (κ2) is 5.56. The summed E-state index contributed by atoms with van der Waals surface area (Å²) in [6, 6.07) is 7.56. The van der Waals surface area contributed by atoms with E-state index in [1.54, 1.807) is 12.1 Å². The first-order valence-electron chi connectivity index (χ1n) is 6.63. The van der Waals surface area contributed by atoms with Gasteiger partial charge in [0.15, 0.2) is 11.6 Å². The van der Waals surface area contributed by atoms with Crippen molar-refractivity contribution in [3.8, 4) is 0 Å². The molecule has 1 aliphatic heterocycles. The van der Waals surface area contributed by atoms with E-state index < -0.39 is 23.0 Å². The number of carbonyl (C=O) groups is 1. The first-order valence-corrected chi connectivity index (χ1v) is 7.43. The van der Waals surface area contributed by atoms with Gasteiger partial charge in [0.05, 0.1) is 10.0 Å². The third-order valence-corrected chi connectivity index (χ3v) is 4.22. The van der Waals surface area contributed by atoms with Gasteiger partial charge >= 0.3 is 0 Å². The zero-order valence-corrected chi connectivity index (χ0v) is 12.6. The summed E-state index contributed by atoms with van der Waals surface area (Å²) in [5, 5.41) is 3.20. The molecule has 0 atom stereocenters. The Morgan fingerprint density at radius 2 is 2.00 bits per heavy atom. The summed E-state index contributed by atoms with van der Waals surface area (Å²) in [6.45, 7) is 0.838. The molecule has 0 amide bonds. The molecular weight excluding hydrogens is 340 g/mol. The van der Waals surface area contributed by atoms with Crippen LogP contribution in [-0.4, -0.2) is 12.3 Å². The van der Waals surface area contributed by atoms with Crippen molar-refractivity contribution in [3.05, 3.63) is 63.1 Å². The van der Waals surface area contributed by atoms with Gasteiger partial charge in [-0.15, -0.1) is 0 Å². The lowest BCUT2D eigenvalue weighted by atomic mass is 9.92. The summed E-state index contributed by atoms with van der Waals surface area (Å²) in [4.78, 5) is 12.6. The van der Waals surface area contributed by atoms with Gasteiger partial charge in [-0.1, -0.05) is 12.1 Å². The Hall–Kier alpha value is -1.75. The van der Waals surface area contributed by atoms with E-state index in [-0.39, 0.29) is 4.47 Å². The Balaban J connectivity index is 2.14. The van der Waals surface area contributed by atoms with Crippen molar-refractivity contribution in [2.24, 2.45) is 0 Å². The standard InChI is InChI=1S/C16H12BrF2NO/c17-11-6-7-12(18)14(15(11)19)16(21)10-3-1-5-13-9(10)4-2-8-20-13/h1,3,5-7,20H,2,4,8H2. The van der Waals surface area contributed by atoms with Crippen molar-refractivity contribution in [3.63, 3.8) is 0 Å². The zero-order valence-electron chi connectivity index (χ0n) is 11.1. The van der Waals surface area contributed by atoms with Crippen LogP contribution in [0.5, 0.6) is 0 Å². The van der Waals surface area contributed by atoms with E-state index in [0.717, 1.165) is 36.7 Å². The fourth-order valence-corrected chi connectivity index (χ4v) is 2.92. The van der Waals surface area contributed by atoms with Crippen LogP contribution in [0.2, 0.25) is 0 Å². The zero-order chi connectivity index (χ0) is 15.0. The van der Waals surface area contributed by atoms with Crippen molar-refractivity contribution in [1.29, 1.82) is 0 Å². The van der Waals surface area contributed by atoms with Gasteiger partial charge in [-0.2, -0.15) is 0 Å². The van der Waals surface area contributed by atoms with Crippen LogP contribution in [0, 0.1) is 11.6 Å². The number of hydrogen-bond donors (Lipinski definition) is 1. The van der Waals surface area contributed by atoms with E-state index in [4.69, 9.17) is 0 Å². The van der Waals surface area contributed by atoms with Crippen LogP contribution in [0.25, 0.3) is 0 Å². The lowest BCUT2D eigenvalue weighted by Crippen LogP contribution is -2.17. The molecule has 0 spiro atoms. The highest BCUT2D eigenvalue weighted by Crippen LogP contribution is 2.29. The molecule has 5 heteroatoms. The second-order valence-electron chi connectivity index (χ2n) is 4.91. The highest BCUT2D eigenvalue weighted by Gasteiger charge is 2.24. The van der Waals surface area contributed by atoms with Gasteiger partial charge in [0.25, 0.3) is 0 Å². The van der Waals surface area contributed by atoms with Crippen molar-refractivity contribution >= 4 is 27.4 Å². The minimum atomic E-state index is -0.860. The number of hydrogen-bond acceptors (Lipinski definition) is 2. The lowest BCUT2D eigenvalue weighted by molar-refractivity contribution is 0.103. The molecule has 1 heterocycles. The maximum atomic E-state index is 14.1. The Morgan fingerprint density at radius 3 is 2.81 bits per heavy atom. The number of benzene rings is 2. The number of ketones is 1. The topological polar surface area (TPSA) is 29.1 Å². The molecule has 3 rings (SSSR count). The van der Waals surface area contributed by atoms with Crippen molar-refractivity contribution < 1.29 is 13.6 Å². The largest absolute Gasteiger partial charge is 0.385 e. The van der Waals surface area contributed by atoms with E-state index in [1.165, 1.54) is 6.07 Å². The minimum Gasteiger partial charge on any atom is -0.385 e. The number of nitrogens with one attached hydrogen (secondary N) is 1. The quantitative estimate of drug-likeness (QED) is 0.644. The van der Waals surface area contributed by atoms with Gasteiger partial charge in [-0.25, -0.2) is 8.78 Å². The van der Waals surface area contributed by atoms with Crippen LogP contribution in [0.4, 0.5) is 14.5 Å². The summed E-state index contributed by atoms with van der Waals surface area (Å²) in [5.41, 5.74) is 1.54. The lowest BCUT2D eigenvalue weighted by Gasteiger charge is -2.20. The maximum absolute atomic E-state index is 14.1. The van der Waals surface area contributed by atoms with E-state index in [9.17, 15) is 13.6 Å². The van der Waals surface area contributed by atoms with Crippen molar-refractivity contribution in [2.45, 2.75) is 12.8 Å². The number of carbonyl (C=O) groups excluding carboxylic acids is 1. The SMILES string of the molecule is O=C(c1cccc2c1CCCN2)c1c(F)ccc(Br)c1F. The third kappa shape index (κ3) is 2.46. The molecule has 2 aromatic carbocycles. The van der Waals surface area contributed by atoms with Crippen LogP contribution < -0.4 is 5.32 Å². The molecule has 2 aromatic rings. The summed E-state index contributed by atoms with van der Waals surface area (Å²) < 4.78 is 28.1. The molecule has 0 radical (unpaired) electrons. The summed E-state index contributed by atoms with van der Waals surface area (Å²) >= 11 is 2.99. The molecule has 0 aromatic heterocycles. The number of rotatable bonds is 2. The molecule has 0 unspecified atom stereocenters. The van der Waals surface area contributed by atoms with Crippen LogP contribution in [0.3, 0.4) is 0 Å². The Bertz CT molecular complexity index is 730. The molecule has 1 N–H and O–H groups in total. The normalized spacial score (nSPS) is 13.5. The van der Waals surface area contributed by atoms with Gasteiger partial charge in [-0.3, -0.25) is 4.79 Å². The van der Waals surface area contributed by atoms with Crippen LogP contribution >= 0.6 is 15.9 Å². The first kappa shape index (κ1) is 14.2. The van der Waals surface area contributed by atoms with Gasteiger partial charge in [0.2, 0.25) is 0 Å². The number of anilines is 1. The van der Waals surface area contributed by atoms with E-state index >= 15 is 0 Å². The average Bonchev–Trinajstić information content (AvgIpc) is 2.50. The fraction of sp³-hybridized carbons (Fsp3) is 0.188. The van der Waals surface area contributed by atoms with Crippen molar-refractivity contribution in [2.75, 3.05) is 11.9 Å². The average molecular weight is 352 g/mol. The Kier molecular flexibility index (Phi) is 3.76. The monoisotopic (exact) mass is 351 g/mol. The third-order valence-electron chi connectivity index (χ3n) is 3.61. The molecule has 108 valence electrons. The molecule has 2 nitrogen and oxygen atoms in total. The molecular formula is C16H12BrF2NO. The smallest absolute Gasteiger partial charge is 0.199 e. The molecule has 0 aliphatic carbocycles. The van der Waals surface area contributed by atoms with E-state index in [0.29, 0.717) is 5.56 Å². The predicted molar refractivity (Wildman–Crippen MR) is 80.7 cm³/mol. The second-order valence-corrected chi connectivity index (χ2v) is 5.76. The Labute approximate surface area is 129 Å². The molecule has 0 saturated heterocycles. The summed E-state index contributed by atoms with van der Waals surface area (Å²) in [5.74, 6) is -2.32. The van der Waals surface area contributed by atoms with Gasteiger partial charge < -0.3 is 5.32 Å². The molecule has 21 heavy (non-hydrogen) atoms. The van der Waals surface area contributed by atoms with Crippen LogP contribution in [0.15, 0.2) is 34.8 Å². The molecule has 0 bridgehead atoms. The van der Waals surface area contributed by atoms with Crippen LogP contribution in [0.1, 0.15) is 27.9 Å². The maximum Gasteiger partial charge on any atom is 0.199 e. The minimum absolute atomic E-state index is 0.0789. The molecule has 0 saturated carbocycles. The molecule has 1 aliphatic rings. The van der Waals surface area contributed by atoms with Gasteiger partial charge in [0, 0.05) is 17.8 Å². The van der Waals surface area contributed by atoms with Crippen molar-refractivity contribution in [1.82, 2.24) is 0 Å². The van der Waals surface area contributed by atoms with E-state index in [2.05, 4.69) is 21.2 Å². The highest BCUT2D eigenvalue weighted by atomic mass is 79.9. The Morgan fingerprint density at radius 1 is 1.19 bits per heavy atom. The van der Waals surface area contributed by atoms with E-state index in [1.807, 2.05) is 6.07 Å². The number of fused-ring (bicyclic) bond motifs is 1. The molecule has 0 fully saturated rings. The first-order chi connectivity index (χ1) is 10.1. The van der Waals surface area contributed by atoms with Crippen LogP contribution in [-0.2, 0) is 6.42 Å². The fourth-order valence-electron chi connectivity index (χ4n) is 2.59. The number of halogens is 3. The summed E-state index contributed by atoms with van der Waals surface area (Å²) in [7, 11) is 0. The van der Waals surface area contributed by atoms with Gasteiger partial charge in [0.1, 0.15) is 5.82 Å². The summed E-state index contributed by atoms with van der Waals surface area (Å²) in [6.07, 6.45) is 1.61. The predicted octanol–water partition coefficient (Wildman–Crippen LogP) is 4.32.